The zero-order valence-corrected chi connectivity index (χ0v) is 21.1. The molecule has 1 amide bonds. The van der Waals surface area contributed by atoms with Gasteiger partial charge in [-0.05, 0) is 93.8 Å². The normalized spacial score (nSPS) is 22.4. The summed E-state index contributed by atoms with van der Waals surface area (Å²) in [6.07, 6.45) is 9.25. The van der Waals surface area contributed by atoms with Gasteiger partial charge < -0.3 is 5.73 Å². The number of nitrogens with one attached hydrogen (secondary N) is 1. The van der Waals surface area contributed by atoms with Gasteiger partial charge in [0.1, 0.15) is 0 Å². The van der Waals surface area contributed by atoms with Gasteiger partial charge in [0.15, 0.2) is 5.65 Å². The highest BCUT2D eigenvalue weighted by Crippen LogP contribution is 2.38. The Balaban J connectivity index is 1.30. The van der Waals surface area contributed by atoms with Crippen LogP contribution in [0.5, 0.6) is 0 Å². The zero-order valence-electron chi connectivity index (χ0n) is 21.1. The fourth-order valence-corrected chi connectivity index (χ4v) is 6.32. The van der Waals surface area contributed by atoms with Crippen LogP contribution in [0, 0.1) is 0 Å². The fourth-order valence-electron chi connectivity index (χ4n) is 6.32. The van der Waals surface area contributed by atoms with Crippen molar-refractivity contribution in [2.45, 2.75) is 64.0 Å². The molecule has 2 aliphatic rings. The van der Waals surface area contributed by atoms with E-state index in [1.807, 2.05) is 18.3 Å². The summed E-state index contributed by atoms with van der Waals surface area (Å²) in [7, 11) is 0. The highest BCUT2D eigenvalue weighted by atomic mass is 16.1. The summed E-state index contributed by atoms with van der Waals surface area (Å²) in [5.41, 5.74) is 13.9. The first-order valence-corrected chi connectivity index (χ1v) is 13.0. The third kappa shape index (κ3) is 3.99. The lowest BCUT2D eigenvalue weighted by Gasteiger charge is -2.41. The summed E-state index contributed by atoms with van der Waals surface area (Å²) in [5.74, 6) is -0.432. The van der Waals surface area contributed by atoms with Crippen molar-refractivity contribution in [2.24, 2.45) is 5.73 Å². The van der Waals surface area contributed by atoms with Gasteiger partial charge in [-0.3, -0.25) is 14.8 Å². The number of hydrogen-bond donors (Lipinski definition) is 2. The van der Waals surface area contributed by atoms with E-state index in [1.54, 1.807) is 12.1 Å². The molecule has 0 radical (unpaired) electrons. The molecule has 6 nitrogen and oxygen atoms in total. The predicted octanol–water partition coefficient (Wildman–Crippen LogP) is 5.51. The van der Waals surface area contributed by atoms with E-state index in [9.17, 15) is 4.79 Å². The lowest BCUT2D eigenvalue weighted by Crippen LogP contribution is -2.48. The molecule has 0 bridgehead atoms. The Hall–Kier alpha value is -3.51. The van der Waals surface area contributed by atoms with Gasteiger partial charge in [-0.15, -0.1) is 0 Å². The number of benzene rings is 2. The van der Waals surface area contributed by atoms with Gasteiger partial charge in [0.2, 0.25) is 5.91 Å². The number of fused-ring (bicyclic) bond motifs is 2. The molecule has 1 saturated heterocycles. The van der Waals surface area contributed by atoms with E-state index in [4.69, 9.17) is 5.73 Å². The Labute approximate surface area is 211 Å². The smallest absolute Gasteiger partial charge is 0.248 e. The van der Waals surface area contributed by atoms with Crippen LogP contribution in [-0.2, 0) is 12.8 Å². The maximum Gasteiger partial charge on any atom is 0.248 e. The van der Waals surface area contributed by atoms with Crippen molar-refractivity contribution < 1.29 is 4.79 Å². The van der Waals surface area contributed by atoms with Crippen molar-refractivity contribution in [2.75, 3.05) is 6.54 Å². The van der Waals surface area contributed by atoms with Gasteiger partial charge in [0.25, 0.3) is 0 Å². The molecule has 0 saturated carbocycles. The van der Waals surface area contributed by atoms with Crippen molar-refractivity contribution in [3.63, 3.8) is 0 Å². The number of carbonyl (C=O) groups excluding carboxylic acids is 1. The van der Waals surface area contributed by atoms with E-state index in [0.29, 0.717) is 17.3 Å². The van der Waals surface area contributed by atoms with E-state index < -0.39 is 5.91 Å². The number of aromatic amines is 1. The molecule has 3 N–H and O–H groups in total. The summed E-state index contributed by atoms with van der Waals surface area (Å²) in [6.45, 7) is 6.12. The van der Waals surface area contributed by atoms with Crippen molar-refractivity contribution in [1.82, 2.24) is 20.1 Å². The maximum absolute atomic E-state index is 11.4. The molecule has 36 heavy (non-hydrogen) atoms. The predicted molar refractivity (Wildman–Crippen MR) is 144 cm³/mol. The lowest BCUT2D eigenvalue weighted by molar-refractivity contribution is 0.0821. The lowest BCUT2D eigenvalue weighted by atomic mass is 9.89. The number of likely N-dealkylation sites (tertiary alicyclic amines) is 1. The first-order chi connectivity index (χ1) is 17.4. The monoisotopic (exact) mass is 479 g/mol. The van der Waals surface area contributed by atoms with Gasteiger partial charge in [-0.2, -0.15) is 5.10 Å². The van der Waals surface area contributed by atoms with Crippen LogP contribution in [0.1, 0.15) is 61.0 Å². The maximum atomic E-state index is 11.4. The van der Waals surface area contributed by atoms with Crippen LogP contribution in [0.4, 0.5) is 0 Å². The second-order valence-corrected chi connectivity index (χ2v) is 10.8. The van der Waals surface area contributed by atoms with Crippen LogP contribution >= 0.6 is 0 Å². The zero-order chi connectivity index (χ0) is 24.9. The summed E-state index contributed by atoms with van der Waals surface area (Å²) in [6, 6.07) is 17.1. The van der Waals surface area contributed by atoms with Gasteiger partial charge in [0, 0.05) is 39.9 Å². The van der Waals surface area contributed by atoms with E-state index in [0.717, 1.165) is 35.0 Å². The average molecular weight is 480 g/mol. The summed E-state index contributed by atoms with van der Waals surface area (Å²) >= 11 is 0. The molecule has 2 aromatic heterocycles. The van der Waals surface area contributed by atoms with Gasteiger partial charge in [-0.1, -0.05) is 30.3 Å². The average Bonchev–Trinajstić information content (AvgIpc) is 3.48. The van der Waals surface area contributed by atoms with Gasteiger partial charge in [-0.25, -0.2) is 4.98 Å². The van der Waals surface area contributed by atoms with Crippen molar-refractivity contribution >= 4 is 16.9 Å². The number of H-pyrrole nitrogens is 1. The highest BCUT2D eigenvalue weighted by Gasteiger charge is 2.38. The van der Waals surface area contributed by atoms with Crippen LogP contribution in [-0.4, -0.2) is 44.1 Å². The van der Waals surface area contributed by atoms with Crippen molar-refractivity contribution in [3.05, 3.63) is 71.4 Å². The topological polar surface area (TPSA) is 87.9 Å². The second kappa shape index (κ2) is 8.86. The van der Waals surface area contributed by atoms with Crippen LogP contribution in [0.15, 0.2) is 54.7 Å². The van der Waals surface area contributed by atoms with Crippen LogP contribution in [0.2, 0.25) is 0 Å². The quantitative estimate of drug-likeness (QED) is 0.378. The molecular formula is C30H33N5O. The molecular weight excluding hydrogens is 446 g/mol. The molecule has 2 aromatic carbocycles. The minimum atomic E-state index is -0.432. The summed E-state index contributed by atoms with van der Waals surface area (Å²) in [4.78, 5) is 18.9. The number of hydrogen-bond acceptors (Lipinski definition) is 4. The number of pyridine rings is 1. The third-order valence-electron chi connectivity index (χ3n) is 8.52. The molecule has 2 unspecified atom stereocenters. The highest BCUT2D eigenvalue weighted by molar-refractivity contribution is 5.96. The first kappa shape index (κ1) is 22.9. The van der Waals surface area contributed by atoms with E-state index in [-0.39, 0.29) is 5.54 Å². The SMILES string of the molecule is CC1CCCN1C1(C)CCc2ccc(-c3cnc4n[nH]c(-c5ccc(C(N)=O)cc5)c4c3)cc2CC1. The van der Waals surface area contributed by atoms with Crippen molar-refractivity contribution in [1.29, 1.82) is 0 Å². The Morgan fingerprint density at radius 3 is 2.50 bits per heavy atom. The Kier molecular flexibility index (Phi) is 5.64. The van der Waals surface area contributed by atoms with Gasteiger partial charge >= 0.3 is 0 Å². The standard InChI is InChI=1S/C30H33N5O/c1-19-4-3-15-35(19)30(2)13-11-20-5-10-23(16-24(20)12-14-30)25-17-26-27(33-34-29(26)32-18-25)21-6-8-22(9-7-21)28(31)36/h5-10,16-19H,3-4,11-15H2,1-2H3,(H2,31,36)(H,32,33,34). The Bertz CT molecular complexity index is 1440. The third-order valence-corrected chi connectivity index (χ3v) is 8.52. The number of primary amides is 1. The number of aromatic nitrogens is 3. The van der Waals surface area contributed by atoms with Crippen LogP contribution in [0.3, 0.4) is 0 Å². The minimum absolute atomic E-state index is 0.283. The second-order valence-electron chi connectivity index (χ2n) is 10.8. The summed E-state index contributed by atoms with van der Waals surface area (Å²) < 4.78 is 0. The number of nitrogens with two attached hydrogens (primary N) is 1. The molecule has 0 spiro atoms. The van der Waals surface area contributed by atoms with Gasteiger partial charge in [0.05, 0.1) is 5.69 Å². The molecule has 6 heteroatoms. The largest absolute Gasteiger partial charge is 0.366 e. The minimum Gasteiger partial charge on any atom is -0.366 e. The molecule has 1 fully saturated rings. The number of rotatable bonds is 4. The van der Waals surface area contributed by atoms with E-state index >= 15 is 0 Å². The number of amides is 1. The number of nitrogens with zero attached hydrogens (tertiary/aromatic N) is 3. The van der Waals surface area contributed by atoms with Crippen LogP contribution < -0.4 is 5.73 Å². The Morgan fingerprint density at radius 2 is 1.78 bits per heavy atom. The number of carbonyl (C=O) groups is 1. The molecule has 184 valence electrons. The molecule has 1 aliphatic heterocycles. The fraction of sp³-hybridized carbons (Fsp3) is 0.367. The van der Waals surface area contributed by atoms with Crippen LogP contribution in [0.25, 0.3) is 33.4 Å². The molecule has 2 atom stereocenters. The first-order valence-electron chi connectivity index (χ1n) is 13.0. The Morgan fingerprint density at radius 1 is 1.03 bits per heavy atom. The number of aryl methyl sites for hydroxylation is 2. The van der Waals surface area contributed by atoms with E-state index in [1.165, 1.54) is 48.9 Å². The molecule has 6 rings (SSSR count). The molecule has 1 aliphatic carbocycles. The van der Waals surface area contributed by atoms with E-state index in [2.05, 4.69) is 58.2 Å². The van der Waals surface area contributed by atoms with Crippen molar-refractivity contribution in [3.8, 4) is 22.4 Å². The molecule has 3 heterocycles. The summed E-state index contributed by atoms with van der Waals surface area (Å²) in [5, 5.41) is 8.48. The molecule has 4 aromatic rings.